The smallest absolute Gasteiger partial charge is 0.339 e. The molecule has 1 N–H and O–H groups in total. The molecule has 2 rings (SSSR count). The normalized spacial score (nSPS) is 16.9. The highest BCUT2D eigenvalue weighted by molar-refractivity contribution is 7.80. The van der Waals surface area contributed by atoms with Gasteiger partial charge >= 0.3 is 5.97 Å². The average Bonchev–Trinajstić information content (AvgIpc) is 2.78. The molecule has 6 heteroatoms. The van der Waals surface area contributed by atoms with E-state index in [4.69, 9.17) is 21.7 Å². The van der Waals surface area contributed by atoms with Gasteiger partial charge in [-0.2, -0.15) is 0 Å². The number of hydrogen-bond donors (Lipinski definition) is 1. The summed E-state index contributed by atoms with van der Waals surface area (Å²) in [6.07, 6.45) is 0. The van der Waals surface area contributed by atoms with Crippen molar-refractivity contribution in [2.75, 3.05) is 25.8 Å². The minimum Gasteiger partial charge on any atom is -0.465 e. The average molecular weight is 294 g/mol. The minimum absolute atomic E-state index is 0.162. The summed E-state index contributed by atoms with van der Waals surface area (Å²) in [5.74, 6) is -0.396. The Morgan fingerprint density at radius 1 is 1.45 bits per heavy atom. The number of methoxy groups -OCH3 is 1. The molecular weight excluding hydrogens is 276 g/mol. The van der Waals surface area contributed by atoms with E-state index in [0.29, 0.717) is 29.7 Å². The van der Waals surface area contributed by atoms with Crippen LogP contribution in [0.15, 0.2) is 24.3 Å². The quantitative estimate of drug-likeness (QED) is 0.667. The number of hydrogen-bond acceptors (Lipinski definition) is 4. The Kier molecular flexibility index (Phi) is 4.25. The molecule has 20 heavy (non-hydrogen) atoms. The molecule has 0 spiro atoms. The van der Waals surface area contributed by atoms with Crippen molar-refractivity contribution in [2.45, 2.75) is 19.4 Å². The highest BCUT2D eigenvalue weighted by atomic mass is 32.1. The molecule has 0 unspecified atom stereocenters. The maximum Gasteiger partial charge on any atom is 0.339 e. The van der Waals surface area contributed by atoms with E-state index >= 15 is 0 Å². The van der Waals surface area contributed by atoms with E-state index in [1.54, 1.807) is 18.2 Å². The third-order valence-electron chi connectivity index (χ3n) is 3.23. The van der Waals surface area contributed by atoms with Crippen LogP contribution in [0.5, 0.6) is 0 Å². The summed E-state index contributed by atoms with van der Waals surface area (Å²) in [5, 5.41) is 3.63. The standard InChI is InChI=1S/C14H18N2O3S/c1-14(2)8-19-9-16(14)13(20)15-11-7-5-4-6-10(11)12(17)18-3/h4-7H,8-9H2,1-3H3,(H,15,20). The van der Waals surface area contributed by atoms with Crippen LogP contribution < -0.4 is 5.32 Å². The Balaban J connectivity index is 2.18. The SMILES string of the molecule is COC(=O)c1ccccc1NC(=S)N1COCC1(C)C. The fourth-order valence-corrected chi connectivity index (χ4v) is 2.45. The molecule has 0 aromatic heterocycles. The van der Waals surface area contributed by atoms with E-state index in [1.165, 1.54) is 7.11 Å². The van der Waals surface area contributed by atoms with Gasteiger partial charge < -0.3 is 19.7 Å². The first kappa shape index (κ1) is 14.7. The molecule has 0 bridgehead atoms. The van der Waals surface area contributed by atoms with E-state index in [1.807, 2.05) is 11.0 Å². The Morgan fingerprint density at radius 2 is 2.15 bits per heavy atom. The topological polar surface area (TPSA) is 50.8 Å². The lowest BCUT2D eigenvalue weighted by Crippen LogP contribution is -2.46. The van der Waals surface area contributed by atoms with Crippen molar-refractivity contribution in [3.05, 3.63) is 29.8 Å². The van der Waals surface area contributed by atoms with E-state index in [-0.39, 0.29) is 5.54 Å². The predicted octanol–water partition coefficient (Wildman–Crippen LogP) is 2.24. The van der Waals surface area contributed by atoms with Crippen molar-refractivity contribution in [3.8, 4) is 0 Å². The summed E-state index contributed by atoms with van der Waals surface area (Å²) in [6, 6.07) is 7.11. The molecule has 1 aliphatic heterocycles. The van der Waals surface area contributed by atoms with Crippen LogP contribution >= 0.6 is 12.2 Å². The van der Waals surface area contributed by atoms with Gasteiger partial charge in [0.05, 0.1) is 30.5 Å². The fraction of sp³-hybridized carbons (Fsp3) is 0.429. The molecule has 0 radical (unpaired) electrons. The Labute approximate surface area is 123 Å². The summed E-state index contributed by atoms with van der Waals surface area (Å²) in [6.45, 7) is 5.17. The minimum atomic E-state index is -0.396. The molecule has 0 aliphatic carbocycles. The number of para-hydroxylation sites is 1. The van der Waals surface area contributed by atoms with Crippen LogP contribution in [-0.2, 0) is 9.47 Å². The number of carbonyl (C=O) groups is 1. The van der Waals surface area contributed by atoms with Gasteiger partial charge in [0, 0.05) is 0 Å². The number of nitrogens with one attached hydrogen (secondary N) is 1. The maximum absolute atomic E-state index is 11.7. The highest BCUT2D eigenvalue weighted by Crippen LogP contribution is 2.24. The third kappa shape index (κ3) is 2.91. The lowest BCUT2D eigenvalue weighted by Gasteiger charge is -2.31. The molecule has 1 heterocycles. The molecule has 1 saturated heterocycles. The zero-order valence-electron chi connectivity index (χ0n) is 11.8. The first-order valence-corrected chi connectivity index (χ1v) is 6.70. The van der Waals surface area contributed by atoms with E-state index < -0.39 is 5.97 Å². The number of anilines is 1. The number of carbonyl (C=O) groups excluding carboxylic acids is 1. The Bertz CT molecular complexity index is 531. The fourth-order valence-electron chi connectivity index (χ4n) is 2.04. The second-order valence-corrected chi connectivity index (χ2v) is 5.57. The Morgan fingerprint density at radius 3 is 2.75 bits per heavy atom. The van der Waals surface area contributed by atoms with E-state index in [0.717, 1.165) is 0 Å². The molecule has 1 aromatic rings. The van der Waals surface area contributed by atoms with Gasteiger partial charge in [0.2, 0.25) is 0 Å². The van der Waals surface area contributed by atoms with Crippen molar-refractivity contribution < 1.29 is 14.3 Å². The molecule has 1 aliphatic rings. The van der Waals surface area contributed by atoms with Crippen molar-refractivity contribution in [2.24, 2.45) is 0 Å². The van der Waals surface area contributed by atoms with E-state index in [2.05, 4.69) is 19.2 Å². The summed E-state index contributed by atoms with van der Waals surface area (Å²) in [7, 11) is 1.36. The maximum atomic E-state index is 11.7. The van der Waals surface area contributed by atoms with Crippen LogP contribution in [0.25, 0.3) is 0 Å². The first-order valence-electron chi connectivity index (χ1n) is 6.29. The number of benzene rings is 1. The summed E-state index contributed by atoms with van der Waals surface area (Å²) >= 11 is 5.41. The van der Waals surface area contributed by atoms with Gasteiger partial charge in [-0.15, -0.1) is 0 Å². The second-order valence-electron chi connectivity index (χ2n) is 5.19. The molecule has 0 saturated carbocycles. The molecule has 1 fully saturated rings. The third-order valence-corrected chi connectivity index (χ3v) is 3.55. The number of thiocarbonyl (C=S) groups is 1. The molecule has 0 amide bonds. The van der Waals surface area contributed by atoms with Gasteiger partial charge in [-0.05, 0) is 38.2 Å². The van der Waals surface area contributed by atoms with Crippen LogP contribution in [0.4, 0.5) is 5.69 Å². The van der Waals surface area contributed by atoms with Crippen LogP contribution in [0.2, 0.25) is 0 Å². The second kappa shape index (κ2) is 5.76. The Hall–Kier alpha value is -1.66. The summed E-state index contributed by atoms with van der Waals surface area (Å²) in [5.41, 5.74) is 0.923. The van der Waals surface area contributed by atoms with Crippen molar-refractivity contribution in [3.63, 3.8) is 0 Å². The zero-order valence-corrected chi connectivity index (χ0v) is 12.6. The van der Waals surface area contributed by atoms with Crippen LogP contribution in [0.1, 0.15) is 24.2 Å². The first-order chi connectivity index (χ1) is 9.45. The largest absolute Gasteiger partial charge is 0.465 e. The van der Waals surface area contributed by atoms with Crippen LogP contribution in [0, 0.1) is 0 Å². The van der Waals surface area contributed by atoms with Crippen LogP contribution in [-0.4, -0.2) is 42.0 Å². The molecule has 108 valence electrons. The lowest BCUT2D eigenvalue weighted by molar-refractivity contribution is 0.0602. The van der Waals surface area contributed by atoms with Crippen molar-refractivity contribution in [1.82, 2.24) is 4.90 Å². The predicted molar refractivity (Wildman–Crippen MR) is 80.7 cm³/mol. The molecular formula is C14H18N2O3S. The van der Waals surface area contributed by atoms with E-state index in [9.17, 15) is 4.79 Å². The zero-order chi connectivity index (χ0) is 14.8. The van der Waals surface area contributed by atoms with Gasteiger partial charge in [-0.25, -0.2) is 4.79 Å². The molecule has 1 aromatic carbocycles. The number of rotatable bonds is 2. The van der Waals surface area contributed by atoms with Gasteiger partial charge in [-0.1, -0.05) is 12.1 Å². The summed E-state index contributed by atoms with van der Waals surface area (Å²) in [4.78, 5) is 13.7. The number of ether oxygens (including phenoxy) is 2. The number of esters is 1. The summed E-state index contributed by atoms with van der Waals surface area (Å²) < 4.78 is 10.2. The van der Waals surface area contributed by atoms with Gasteiger partial charge in [0.25, 0.3) is 0 Å². The highest BCUT2D eigenvalue weighted by Gasteiger charge is 2.34. The number of nitrogens with zero attached hydrogens (tertiary/aromatic N) is 1. The van der Waals surface area contributed by atoms with Crippen LogP contribution in [0.3, 0.4) is 0 Å². The van der Waals surface area contributed by atoms with Gasteiger partial charge in [0.1, 0.15) is 6.73 Å². The monoisotopic (exact) mass is 294 g/mol. The van der Waals surface area contributed by atoms with Gasteiger partial charge in [0.15, 0.2) is 5.11 Å². The molecule has 5 nitrogen and oxygen atoms in total. The van der Waals surface area contributed by atoms with Crippen molar-refractivity contribution >= 4 is 29.0 Å². The molecule has 0 atom stereocenters. The van der Waals surface area contributed by atoms with Gasteiger partial charge in [-0.3, -0.25) is 0 Å². The lowest BCUT2D eigenvalue weighted by atomic mass is 10.1. The van der Waals surface area contributed by atoms with Crippen molar-refractivity contribution in [1.29, 1.82) is 0 Å².